The van der Waals surface area contributed by atoms with Crippen LogP contribution in [0, 0.1) is 13.8 Å². The summed E-state index contributed by atoms with van der Waals surface area (Å²) in [6, 6.07) is 15.1. The number of para-hydroxylation sites is 1. The molecule has 0 fully saturated rings. The lowest BCUT2D eigenvalue weighted by Crippen LogP contribution is -2.18. The van der Waals surface area contributed by atoms with E-state index in [-0.39, 0.29) is 18.4 Å². The van der Waals surface area contributed by atoms with E-state index in [9.17, 15) is 9.59 Å². The van der Waals surface area contributed by atoms with E-state index in [4.69, 9.17) is 4.74 Å². The van der Waals surface area contributed by atoms with Crippen LogP contribution in [-0.2, 0) is 16.1 Å². The quantitative estimate of drug-likeness (QED) is 0.430. The lowest BCUT2D eigenvalue weighted by atomic mass is 10.1. The molecule has 0 saturated heterocycles. The number of carbonyl (C=O) groups excluding carboxylic acids is 2. The molecule has 0 aliphatic rings. The number of aryl methyl sites for hydroxylation is 1. The number of methoxy groups -OCH3 is 1. The van der Waals surface area contributed by atoms with E-state index in [1.54, 1.807) is 12.3 Å². The highest BCUT2D eigenvalue weighted by Gasteiger charge is 2.15. The fourth-order valence-electron chi connectivity index (χ4n) is 3.06. The van der Waals surface area contributed by atoms with Gasteiger partial charge in [-0.2, -0.15) is 5.10 Å². The van der Waals surface area contributed by atoms with Gasteiger partial charge in [0.05, 0.1) is 13.3 Å². The Balaban J connectivity index is 1.89. The third-order valence-electron chi connectivity index (χ3n) is 4.54. The number of nitrogens with zero attached hydrogens (tertiary/aromatic N) is 2. The lowest BCUT2D eigenvalue weighted by Gasteiger charge is -2.06. The van der Waals surface area contributed by atoms with Crippen molar-refractivity contribution in [2.75, 3.05) is 7.11 Å². The number of aromatic nitrogens is 1. The number of hydrogen-bond acceptors (Lipinski definition) is 4. The highest BCUT2D eigenvalue weighted by Crippen LogP contribution is 2.24. The van der Waals surface area contributed by atoms with Crippen molar-refractivity contribution < 1.29 is 14.3 Å². The predicted octanol–water partition coefficient (Wildman–Crippen LogP) is 3.20. The maximum atomic E-state index is 12.3. The zero-order valence-electron chi connectivity index (χ0n) is 15.5. The van der Waals surface area contributed by atoms with Gasteiger partial charge in [-0.05, 0) is 31.5 Å². The van der Waals surface area contributed by atoms with Crippen LogP contribution in [0.4, 0.5) is 0 Å². The molecule has 3 rings (SSSR count). The van der Waals surface area contributed by atoms with Crippen LogP contribution in [0.25, 0.3) is 10.9 Å². The van der Waals surface area contributed by atoms with Crippen LogP contribution < -0.4 is 5.43 Å². The second kappa shape index (κ2) is 7.86. The second-order valence-electron chi connectivity index (χ2n) is 6.19. The Morgan fingerprint density at radius 1 is 1.11 bits per heavy atom. The molecule has 6 heteroatoms. The van der Waals surface area contributed by atoms with Gasteiger partial charge in [0, 0.05) is 27.7 Å². The molecule has 1 heterocycles. The minimum absolute atomic E-state index is 0.117. The number of nitrogens with one attached hydrogen (secondary N) is 1. The zero-order valence-corrected chi connectivity index (χ0v) is 15.5. The molecule has 27 heavy (non-hydrogen) atoms. The Morgan fingerprint density at radius 3 is 2.56 bits per heavy atom. The summed E-state index contributed by atoms with van der Waals surface area (Å²) in [6.07, 6.45) is 1.61. The number of rotatable bonds is 5. The molecule has 3 aromatic rings. The molecule has 138 valence electrons. The first-order chi connectivity index (χ1) is 13.0. The fraction of sp³-hybridized carbons (Fsp3) is 0.190. The Hall–Kier alpha value is -3.41. The van der Waals surface area contributed by atoms with Gasteiger partial charge in [-0.15, -0.1) is 0 Å². The summed E-state index contributed by atoms with van der Waals surface area (Å²) in [7, 11) is 1.37. The van der Waals surface area contributed by atoms with Gasteiger partial charge in [0.15, 0.2) is 0 Å². The molecule has 6 nitrogen and oxygen atoms in total. The molecule has 0 saturated carbocycles. The van der Waals surface area contributed by atoms with Crippen LogP contribution in [0.15, 0.2) is 53.6 Å². The number of fused-ring (bicyclic) bond motifs is 1. The van der Waals surface area contributed by atoms with Gasteiger partial charge in [0.25, 0.3) is 5.91 Å². The molecular formula is C21H21N3O3. The third-order valence-corrected chi connectivity index (χ3v) is 4.54. The number of hydrogen-bond donors (Lipinski definition) is 1. The number of hydrazone groups is 1. The average molecular weight is 363 g/mol. The van der Waals surface area contributed by atoms with Crippen molar-refractivity contribution >= 4 is 29.0 Å². The van der Waals surface area contributed by atoms with Crippen LogP contribution in [0.3, 0.4) is 0 Å². The van der Waals surface area contributed by atoms with Gasteiger partial charge in [-0.1, -0.05) is 36.4 Å². The molecular weight excluding hydrogens is 342 g/mol. The largest absolute Gasteiger partial charge is 0.468 e. The van der Waals surface area contributed by atoms with E-state index in [0.29, 0.717) is 5.56 Å². The first kappa shape index (κ1) is 18.4. The summed E-state index contributed by atoms with van der Waals surface area (Å²) >= 11 is 0. The van der Waals surface area contributed by atoms with Crippen molar-refractivity contribution in [2.45, 2.75) is 20.4 Å². The Bertz CT molecular complexity index is 1030. The number of carbonyl (C=O) groups is 2. The van der Waals surface area contributed by atoms with E-state index >= 15 is 0 Å². The molecule has 1 N–H and O–H groups in total. The van der Waals surface area contributed by atoms with Crippen molar-refractivity contribution in [1.82, 2.24) is 9.99 Å². The van der Waals surface area contributed by atoms with E-state index in [1.165, 1.54) is 7.11 Å². The van der Waals surface area contributed by atoms with E-state index in [2.05, 4.69) is 10.5 Å². The lowest BCUT2D eigenvalue weighted by molar-refractivity contribution is -0.141. The topological polar surface area (TPSA) is 72.7 Å². The monoisotopic (exact) mass is 363 g/mol. The molecule has 0 radical (unpaired) electrons. The van der Waals surface area contributed by atoms with E-state index in [1.807, 2.05) is 60.9 Å². The Kier molecular flexibility index (Phi) is 5.35. The molecule has 0 atom stereocenters. The van der Waals surface area contributed by atoms with Crippen LogP contribution in [0.5, 0.6) is 0 Å². The second-order valence-corrected chi connectivity index (χ2v) is 6.19. The summed E-state index contributed by atoms with van der Waals surface area (Å²) in [5.41, 5.74) is 6.67. The summed E-state index contributed by atoms with van der Waals surface area (Å²) in [6.45, 7) is 3.91. The summed E-state index contributed by atoms with van der Waals surface area (Å²) in [5, 5.41) is 5.08. The van der Waals surface area contributed by atoms with Gasteiger partial charge < -0.3 is 9.30 Å². The van der Waals surface area contributed by atoms with Gasteiger partial charge in [-0.3, -0.25) is 9.59 Å². The molecule has 2 aromatic carbocycles. The number of benzene rings is 2. The van der Waals surface area contributed by atoms with E-state index in [0.717, 1.165) is 27.7 Å². The van der Waals surface area contributed by atoms with Crippen molar-refractivity contribution in [1.29, 1.82) is 0 Å². The Morgan fingerprint density at radius 2 is 1.81 bits per heavy atom. The Labute approximate surface area is 157 Å². The number of esters is 1. The van der Waals surface area contributed by atoms with Crippen molar-refractivity contribution in [3.05, 3.63) is 70.9 Å². The molecule has 1 amide bonds. The minimum atomic E-state index is -0.324. The van der Waals surface area contributed by atoms with Crippen molar-refractivity contribution in [2.24, 2.45) is 5.10 Å². The van der Waals surface area contributed by atoms with E-state index < -0.39 is 0 Å². The normalized spacial score (nSPS) is 11.1. The summed E-state index contributed by atoms with van der Waals surface area (Å²) in [5.74, 6) is -0.588. The van der Waals surface area contributed by atoms with Crippen LogP contribution in [0.2, 0.25) is 0 Å². The molecule has 0 bridgehead atoms. The first-order valence-corrected chi connectivity index (χ1v) is 8.56. The summed E-state index contributed by atoms with van der Waals surface area (Å²) < 4.78 is 6.67. The van der Waals surface area contributed by atoms with Gasteiger partial charge in [0.1, 0.15) is 6.54 Å². The maximum Gasteiger partial charge on any atom is 0.325 e. The first-order valence-electron chi connectivity index (χ1n) is 8.56. The van der Waals surface area contributed by atoms with Crippen molar-refractivity contribution in [3.63, 3.8) is 0 Å². The molecule has 1 aromatic heterocycles. The van der Waals surface area contributed by atoms with Crippen LogP contribution in [0.1, 0.15) is 27.2 Å². The van der Waals surface area contributed by atoms with Crippen molar-refractivity contribution in [3.8, 4) is 0 Å². The van der Waals surface area contributed by atoms with Gasteiger partial charge in [0.2, 0.25) is 0 Å². The molecule has 0 aliphatic carbocycles. The average Bonchev–Trinajstić information content (AvgIpc) is 2.94. The highest BCUT2D eigenvalue weighted by molar-refractivity contribution is 6.02. The zero-order chi connectivity index (χ0) is 19.4. The molecule has 0 aliphatic heterocycles. The predicted molar refractivity (Wildman–Crippen MR) is 105 cm³/mol. The number of amides is 1. The van der Waals surface area contributed by atoms with Gasteiger partial charge in [-0.25, -0.2) is 5.43 Å². The summed E-state index contributed by atoms with van der Waals surface area (Å²) in [4.78, 5) is 24.0. The third kappa shape index (κ3) is 3.74. The molecule has 0 unspecified atom stereocenters. The number of ether oxygens (including phenoxy) is 1. The van der Waals surface area contributed by atoms with Gasteiger partial charge >= 0.3 is 5.97 Å². The smallest absolute Gasteiger partial charge is 0.325 e. The maximum absolute atomic E-state index is 12.3. The SMILES string of the molecule is COC(=O)Cn1c(C)c(/C=N\NC(=O)c2ccccc2C)c2ccccc21. The minimum Gasteiger partial charge on any atom is -0.468 e. The highest BCUT2D eigenvalue weighted by atomic mass is 16.5. The van der Waals surface area contributed by atoms with Crippen LogP contribution in [-0.4, -0.2) is 29.8 Å². The molecule has 0 spiro atoms. The standard InChI is InChI=1S/C21H21N3O3/c1-14-8-4-5-9-16(14)21(26)23-22-12-18-15(2)24(13-20(25)27-3)19-11-7-6-10-17(18)19/h4-12H,13H2,1-3H3,(H,23,26)/b22-12-. The van der Waals surface area contributed by atoms with Crippen LogP contribution >= 0.6 is 0 Å². The fourth-order valence-corrected chi connectivity index (χ4v) is 3.06.